The molecular formula is C11H12O3. The van der Waals surface area contributed by atoms with E-state index >= 15 is 0 Å². The van der Waals surface area contributed by atoms with Crippen LogP contribution in [0.5, 0.6) is 0 Å². The molecule has 0 unspecified atom stereocenters. The quantitative estimate of drug-likeness (QED) is 0.589. The first kappa shape index (κ1) is 10.3. The van der Waals surface area contributed by atoms with Crippen LogP contribution < -0.4 is 0 Å². The van der Waals surface area contributed by atoms with Crippen molar-refractivity contribution in [3.05, 3.63) is 41.7 Å². The predicted octanol–water partition coefficient (Wildman–Crippen LogP) is 2.07. The molecule has 0 saturated heterocycles. The number of rotatable bonds is 3. The van der Waals surface area contributed by atoms with Crippen LogP contribution in [0.4, 0.5) is 0 Å². The number of carboxylic acids is 1. The minimum absolute atomic E-state index is 0.172. The van der Waals surface area contributed by atoms with Gasteiger partial charge in [-0.15, -0.1) is 0 Å². The molecule has 1 aromatic carbocycles. The Morgan fingerprint density at radius 2 is 2.07 bits per heavy atom. The highest BCUT2D eigenvalue weighted by Gasteiger charge is 2.12. The first-order valence-electron chi connectivity index (χ1n) is 4.19. The Morgan fingerprint density at radius 1 is 1.43 bits per heavy atom. The number of methoxy groups -OCH3 is 1. The Morgan fingerprint density at radius 3 is 2.57 bits per heavy atom. The van der Waals surface area contributed by atoms with Crippen molar-refractivity contribution >= 4 is 11.5 Å². The summed E-state index contributed by atoms with van der Waals surface area (Å²) in [6.07, 6.45) is 1.24. The lowest BCUT2D eigenvalue weighted by Crippen LogP contribution is -2.01. The zero-order valence-electron chi connectivity index (χ0n) is 8.15. The van der Waals surface area contributed by atoms with E-state index in [2.05, 4.69) is 0 Å². The van der Waals surface area contributed by atoms with Gasteiger partial charge in [0.05, 0.1) is 13.4 Å². The standard InChI is InChI=1S/C11H12O3/c1-8-5-3-4-6-9(8)10(7-14-2)11(12)13/h3-7H,1-2H3,(H,12,13)/b10-7-. The molecule has 0 spiro atoms. The third-order valence-corrected chi connectivity index (χ3v) is 1.90. The minimum Gasteiger partial charge on any atom is -0.503 e. The maximum Gasteiger partial charge on any atom is 0.339 e. The maximum atomic E-state index is 10.9. The van der Waals surface area contributed by atoms with Crippen LogP contribution >= 0.6 is 0 Å². The van der Waals surface area contributed by atoms with E-state index in [-0.39, 0.29) is 5.57 Å². The molecule has 1 N–H and O–H groups in total. The summed E-state index contributed by atoms with van der Waals surface area (Å²) in [5, 5.41) is 8.93. The van der Waals surface area contributed by atoms with E-state index in [1.54, 1.807) is 12.1 Å². The lowest BCUT2D eigenvalue weighted by Gasteiger charge is -2.05. The highest BCUT2D eigenvalue weighted by atomic mass is 16.5. The van der Waals surface area contributed by atoms with E-state index in [4.69, 9.17) is 9.84 Å². The summed E-state index contributed by atoms with van der Waals surface area (Å²) < 4.78 is 4.73. The van der Waals surface area contributed by atoms with E-state index in [9.17, 15) is 4.79 Å². The molecule has 0 aliphatic heterocycles. The molecule has 3 heteroatoms. The van der Waals surface area contributed by atoms with Crippen LogP contribution in [0.3, 0.4) is 0 Å². The normalized spacial score (nSPS) is 11.1. The van der Waals surface area contributed by atoms with Crippen LogP contribution in [0.2, 0.25) is 0 Å². The number of hydrogen-bond donors (Lipinski definition) is 1. The molecule has 0 fully saturated rings. The van der Waals surface area contributed by atoms with Gasteiger partial charge in [-0.05, 0) is 18.1 Å². The third-order valence-electron chi connectivity index (χ3n) is 1.90. The van der Waals surface area contributed by atoms with Crippen molar-refractivity contribution < 1.29 is 14.6 Å². The Hall–Kier alpha value is -1.77. The average Bonchev–Trinajstić information content (AvgIpc) is 2.15. The fourth-order valence-corrected chi connectivity index (χ4v) is 1.22. The smallest absolute Gasteiger partial charge is 0.339 e. The molecule has 0 aromatic heterocycles. The van der Waals surface area contributed by atoms with Gasteiger partial charge in [-0.2, -0.15) is 0 Å². The van der Waals surface area contributed by atoms with E-state index < -0.39 is 5.97 Å². The van der Waals surface area contributed by atoms with Crippen molar-refractivity contribution in [2.24, 2.45) is 0 Å². The second-order valence-electron chi connectivity index (χ2n) is 2.89. The van der Waals surface area contributed by atoms with E-state index in [0.717, 1.165) is 5.56 Å². The molecule has 0 radical (unpaired) electrons. The number of hydrogen-bond acceptors (Lipinski definition) is 2. The highest BCUT2D eigenvalue weighted by molar-refractivity contribution is 6.15. The first-order valence-corrected chi connectivity index (χ1v) is 4.19. The van der Waals surface area contributed by atoms with Crippen LogP contribution in [-0.4, -0.2) is 18.2 Å². The Labute approximate surface area is 82.6 Å². The van der Waals surface area contributed by atoms with E-state index in [0.29, 0.717) is 5.56 Å². The van der Waals surface area contributed by atoms with Crippen LogP contribution in [0, 0.1) is 6.92 Å². The van der Waals surface area contributed by atoms with E-state index in [1.807, 2.05) is 19.1 Å². The van der Waals surface area contributed by atoms with Crippen molar-refractivity contribution in [2.45, 2.75) is 6.92 Å². The summed E-state index contributed by atoms with van der Waals surface area (Å²) >= 11 is 0. The SMILES string of the molecule is CO/C=C(\C(=O)O)c1ccccc1C. The summed E-state index contributed by atoms with van der Waals surface area (Å²) in [4.78, 5) is 10.9. The van der Waals surface area contributed by atoms with Gasteiger partial charge in [0.1, 0.15) is 5.57 Å². The second kappa shape index (κ2) is 4.46. The second-order valence-corrected chi connectivity index (χ2v) is 2.89. The fraction of sp³-hybridized carbons (Fsp3) is 0.182. The van der Waals surface area contributed by atoms with Crippen molar-refractivity contribution in [1.29, 1.82) is 0 Å². The van der Waals surface area contributed by atoms with Gasteiger partial charge in [0.2, 0.25) is 0 Å². The lowest BCUT2D eigenvalue weighted by molar-refractivity contribution is -0.130. The number of aryl methyl sites for hydroxylation is 1. The number of aliphatic carboxylic acids is 1. The van der Waals surface area contributed by atoms with Gasteiger partial charge in [-0.25, -0.2) is 4.79 Å². The van der Waals surface area contributed by atoms with Crippen LogP contribution in [-0.2, 0) is 9.53 Å². The monoisotopic (exact) mass is 192 g/mol. The van der Waals surface area contributed by atoms with Crippen molar-refractivity contribution in [3.8, 4) is 0 Å². The lowest BCUT2D eigenvalue weighted by atomic mass is 10.0. The summed E-state index contributed by atoms with van der Waals surface area (Å²) in [5.74, 6) is -0.985. The molecule has 0 amide bonds. The Bertz CT molecular complexity index is 367. The van der Waals surface area contributed by atoms with Gasteiger partial charge in [-0.1, -0.05) is 24.3 Å². The predicted molar refractivity (Wildman–Crippen MR) is 53.8 cm³/mol. The van der Waals surface area contributed by atoms with Crippen molar-refractivity contribution in [3.63, 3.8) is 0 Å². The van der Waals surface area contributed by atoms with Gasteiger partial charge >= 0.3 is 5.97 Å². The van der Waals surface area contributed by atoms with E-state index in [1.165, 1.54) is 13.4 Å². The Balaban J connectivity index is 3.19. The van der Waals surface area contributed by atoms with Gasteiger partial charge in [0, 0.05) is 0 Å². The molecule has 14 heavy (non-hydrogen) atoms. The molecule has 0 aliphatic rings. The largest absolute Gasteiger partial charge is 0.503 e. The molecule has 0 heterocycles. The van der Waals surface area contributed by atoms with Gasteiger partial charge < -0.3 is 9.84 Å². The summed E-state index contributed by atoms with van der Waals surface area (Å²) in [6.45, 7) is 1.86. The third kappa shape index (κ3) is 2.13. The molecule has 1 aromatic rings. The summed E-state index contributed by atoms with van der Waals surface area (Å²) in [6, 6.07) is 7.29. The molecule has 0 bridgehead atoms. The Kier molecular flexibility index (Phi) is 3.29. The maximum absolute atomic E-state index is 10.9. The topological polar surface area (TPSA) is 46.5 Å². The van der Waals surface area contributed by atoms with Crippen molar-refractivity contribution in [1.82, 2.24) is 0 Å². The summed E-state index contributed by atoms with van der Waals surface area (Å²) in [7, 11) is 1.43. The average molecular weight is 192 g/mol. The molecular weight excluding hydrogens is 180 g/mol. The number of benzene rings is 1. The fourth-order valence-electron chi connectivity index (χ4n) is 1.22. The minimum atomic E-state index is -0.985. The number of carboxylic acid groups (broad SMARTS) is 1. The molecule has 74 valence electrons. The molecule has 0 saturated carbocycles. The van der Waals surface area contributed by atoms with Gasteiger partial charge in [-0.3, -0.25) is 0 Å². The number of ether oxygens (including phenoxy) is 1. The summed E-state index contributed by atoms with van der Waals surface area (Å²) in [5.41, 5.74) is 1.77. The zero-order chi connectivity index (χ0) is 10.6. The number of carbonyl (C=O) groups is 1. The van der Waals surface area contributed by atoms with Crippen molar-refractivity contribution in [2.75, 3.05) is 7.11 Å². The molecule has 3 nitrogen and oxygen atoms in total. The van der Waals surface area contributed by atoms with Crippen LogP contribution in [0.15, 0.2) is 30.5 Å². The molecule has 0 aliphatic carbocycles. The van der Waals surface area contributed by atoms with Gasteiger partial charge in [0.25, 0.3) is 0 Å². The highest BCUT2D eigenvalue weighted by Crippen LogP contribution is 2.18. The van der Waals surface area contributed by atoms with Crippen LogP contribution in [0.25, 0.3) is 5.57 Å². The van der Waals surface area contributed by atoms with Gasteiger partial charge in [0.15, 0.2) is 0 Å². The zero-order valence-corrected chi connectivity index (χ0v) is 8.15. The molecule has 0 atom stereocenters. The van der Waals surface area contributed by atoms with Crippen LogP contribution in [0.1, 0.15) is 11.1 Å². The first-order chi connectivity index (χ1) is 6.66. The molecule has 1 rings (SSSR count).